The van der Waals surface area contributed by atoms with Crippen LogP contribution in [0.4, 0.5) is 14.9 Å². The molecule has 5 heteroatoms. The third-order valence-corrected chi connectivity index (χ3v) is 2.81. The quantitative estimate of drug-likeness (QED) is 0.884. The summed E-state index contributed by atoms with van der Waals surface area (Å²) in [5.41, 5.74) is 1.09. The Morgan fingerprint density at radius 3 is 2.52 bits per heavy atom. The fraction of sp³-hybridized carbons (Fsp3) is 0.188. The van der Waals surface area contributed by atoms with Crippen LogP contribution < -0.4 is 15.4 Å². The minimum absolute atomic E-state index is 0.154. The Labute approximate surface area is 122 Å². The Morgan fingerprint density at radius 1 is 1.14 bits per heavy atom. The molecule has 2 rings (SSSR count). The van der Waals surface area contributed by atoms with Gasteiger partial charge in [0.1, 0.15) is 11.6 Å². The zero-order valence-electron chi connectivity index (χ0n) is 11.7. The lowest BCUT2D eigenvalue weighted by Crippen LogP contribution is -2.28. The molecule has 0 bridgehead atoms. The highest BCUT2D eigenvalue weighted by atomic mass is 19.1. The minimum atomic E-state index is -0.464. The van der Waals surface area contributed by atoms with Gasteiger partial charge < -0.3 is 15.4 Å². The SMILES string of the molecule is CCOc1ccc(CNC(=O)Nc2ccccc2F)cc1. The molecule has 0 aliphatic heterocycles. The van der Waals surface area contributed by atoms with E-state index in [4.69, 9.17) is 4.74 Å². The smallest absolute Gasteiger partial charge is 0.319 e. The summed E-state index contributed by atoms with van der Waals surface area (Å²) in [5.74, 6) is 0.325. The van der Waals surface area contributed by atoms with Crippen LogP contribution in [0.2, 0.25) is 0 Å². The number of anilines is 1. The van der Waals surface area contributed by atoms with Crippen molar-refractivity contribution in [3.8, 4) is 5.75 Å². The first kappa shape index (κ1) is 14.8. The third kappa shape index (κ3) is 4.49. The molecular weight excluding hydrogens is 271 g/mol. The molecule has 0 aliphatic rings. The van der Waals surface area contributed by atoms with E-state index in [1.165, 1.54) is 12.1 Å². The maximum atomic E-state index is 13.4. The van der Waals surface area contributed by atoms with Crippen LogP contribution >= 0.6 is 0 Å². The van der Waals surface area contributed by atoms with Crippen LogP contribution in [0.5, 0.6) is 5.75 Å². The van der Waals surface area contributed by atoms with Crippen molar-refractivity contribution in [3.05, 3.63) is 59.9 Å². The van der Waals surface area contributed by atoms with E-state index in [-0.39, 0.29) is 5.69 Å². The summed E-state index contributed by atoms with van der Waals surface area (Å²) < 4.78 is 18.7. The molecule has 4 nitrogen and oxygen atoms in total. The molecule has 0 spiro atoms. The first-order chi connectivity index (χ1) is 10.2. The van der Waals surface area contributed by atoms with Crippen molar-refractivity contribution in [2.75, 3.05) is 11.9 Å². The van der Waals surface area contributed by atoms with Crippen molar-refractivity contribution < 1.29 is 13.9 Å². The van der Waals surface area contributed by atoms with E-state index in [1.807, 2.05) is 31.2 Å². The molecule has 2 aromatic rings. The van der Waals surface area contributed by atoms with E-state index in [2.05, 4.69) is 10.6 Å². The predicted octanol–water partition coefficient (Wildman–Crippen LogP) is 3.55. The lowest BCUT2D eigenvalue weighted by molar-refractivity contribution is 0.251. The highest BCUT2D eigenvalue weighted by molar-refractivity contribution is 5.89. The van der Waals surface area contributed by atoms with Crippen LogP contribution in [0.3, 0.4) is 0 Å². The number of carbonyl (C=O) groups excluding carboxylic acids is 1. The normalized spacial score (nSPS) is 10.0. The molecule has 0 atom stereocenters. The van der Waals surface area contributed by atoms with Crippen molar-refractivity contribution in [1.82, 2.24) is 5.32 Å². The van der Waals surface area contributed by atoms with E-state index in [9.17, 15) is 9.18 Å². The molecule has 0 aliphatic carbocycles. The van der Waals surface area contributed by atoms with Crippen LogP contribution in [0, 0.1) is 5.82 Å². The van der Waals surface area contributed by atoms with Crippen molar-refractivity contribution in [1.29, 1.82) is 0 Å². The molecule has 0 aromatic heterocycles. The average molecular weight is 288 g/mol. The summed E-state index contributed by atoms with van der Waals surface area (Å²) in [6.45, 7) is 2.89. The van der Waals surface area contributed by atoms with Gasteiger partial charge in [-0.2, -0.15) is 0 Å². The molecule has 2 N–H and O–H groups in total. The number of carbonyl (C=O) groups is 1. The molecule has 0 heterocycles. The molecule has 21 heavy (non-hydrogen) atoms. The first-order valence-corrected chi connectivity index (χ1v) is 6.70. The highest BCUT2D eigenvalue weighted by Crippen LogP contribution is 2.13. The fourth-order valence-corrected chi connectivity index (χ4v) is 1.78. The zero-order chi connectivity index (χ0) is 15.1. The van der Waals surface area contributed by atoms with Crippen molar-refractivity contribution in [2.24, 2.45) is 0 Å². The Balaban J connectivity index is 1.85. The van der Waals surface area contributed by atoms with Crippen LogP contribution in [0.15, 0.2) is 48.5 Å². The van der Waals surface area contributed by atoms with Gasteiger partial charge >= 0.3 is 6.03 Å². The number of rotatable bonds is 5. The average Bonchev–Trinajstić information content (AvgIpc) is 2.49. The largest absolute Gasteiger partial charge is 0.494 e. The number of ether oxygens (including phenoxy) is 1. The van der Waals surface area contributed by atoms with Crippen molar-refractivity contribution >= 4 is 11.7 Å². The molecule has 0 radical (unpaired) electrons. The van der Waals surface area contributed by atoms with Crippen LogP contribution in [0.1, 0.15) is 12.5 Å². The van der Waals surface area contributed by atoms with Gasteiger partial charge in [-0.15, -0.1) is 0 Å². The molecule has 0 saturated carbocycles. The summed E-state index contributed by atoms with van der Waals surface area (Å²) in [6, 6.07) is 13.0. The van der Waals surface area contributed by atoms with Crippen LogP contribution in [-0.2, 0) is 6.54 Å². The summed E-state index contributed by atoms with van der Waals surface area (Å²) >= 11 is 0. The maximum absolute atomic E-state index is 13.4. The van der Waals surface area contributed by atoms with Crippen molar-refractivity contribution in [2.45, 2.75) is 13.5 Å². The number of hydrogen-bond acceptors (Lipinski definition) is 2. The van der Waals surface area contributed by atoms with Gasteiger partial charge in [-0.25, -0.2) is 9.18 Å². The van der Waals surface area contributed by atoms with Gasteiger partial charge in [0, 0.05) is 6.54 Å². The Bertz CT molecular complexity index is 599. The summed E-state index contributed by atoms with van der Waals surface area (Å²) in [7, 11) is 0. The monoisotopic (exact) mass is 288 g/mol. The summed E-state index contributed by atoms with van der Waals surface area (Å²) in [4.78, 5) is 11.7. The van der Waals surface area contributed by atoms with Gasteiger partial charge in [-0.1, -0.05) is 24.3 Å². The second-order valence-electron chi connectivity index (χ2n) is 4.36. The fourth-order valence-electron chi connectivity index (χ4n) is 1.78. The second kappa shape index (κ2) is 7.28. The van der Waals surface area contributed by atoms with Gasteiger partial charge in [0.05, 0.1) is 12.3 Å². The van der Waals surface area contributed by atoms with E-state index in [1.54, 1.807) is 12.1 Å². The first-order valence-electron chi connectivity index (χ1n) is 6.70. The number of nitrogens with one attached hydrogen (secondary N) is 2. The van der Waals surface area contributed by atoms with E-state index < -0.39 is 11.8 Å². The molecule has 2 aromatic carbocycles. The lowest BCUT2D eigenvalue weighted by atomic mass is 10.2. The Kier molecular flexibility index (Phi) is 5.15. The summed E-state index contributed by atoms with van der Waals surface area (Å²) in [6.07, 6.45) is 0. The lowest BCUT2D eigenvalue weighted by Gasteiger charge is -2.09. The number of benzene rings is 2. The standard InChI is InChI=1S/C16H17FN2O2/c1-2-21-13-9-7-12(8-10-13)11-18-16(20)19-15-6-4-3-5-14(15)17/h3-10H,2,11H2,1H3,(H2,18,19,20). The number of amides is 2. The summed E-state index contributed by atoms with van der Waals surface area (Å²) in [5, 5.41) is 5.13. The van der Waals surface area contributed by atoms with Gasteiger partial charge in [0.15, 0.2) is 0 Å². The Morgan fingerprint density at radius 2 is 1.86 bits per heavy atom. The molecule has 0 fully saturated rings. The Hall–Kier alpha value is -2.56. The van der Waals surface area contributed by atoms with Gasteiger partial charge in [-0.05, 0) is 36.8 Å². The van der Waals surface area contributed by atoms with Crippen molar-refractivity contribution in [3.63, 3.8) is 0 Å². The molecule has 0 unspecified atom stereocenters. The van der Waals surface area contributed by atoms with Crippen LogP contribution in [-0.4, -0.2) is 12.6 Å². The number of para-hydroxylation sites is 1. The van der Waals surface area contributed by atoms with Crippen LogP contribution in [0.25, 0.3) is 0 Å². The van der Waals surface area contributed by atoms with Gasteiger partial charge in [0.25, 0.3) is 0 Å². The predicted molar refractivity (Wildman–Crippen MR) is 79.9 cm³/mol. The maximum Gasteiger partial charge on any atom is 0.319 e. The topological polar surface area (TPSA) is 50.4 Å². The number of halogens is 1. The molecule has 2 amide bonds. The minimum Gasteiger partial charge on any atom is -0.494 e. The second-order valence-corrected chi connectivity index (χ2v) is 4.36. The number of urea groups is 1. The van der Waals surface area contributed by atoms with Gasteiger partial charge in [0.2, 0.25) is 0 Å². The van der Waals surface area contributed by atoms with E-state index >= 15 is 0 Å². The highest BCUT2D eigenvalue weighted by Gasteiger charge is 2.05. The number of hydrogen-bond donors (Lipinski definition) is 2. The molecule has 110 valence electrons. The van der Waals surface area contributed by atoms with E-state index in [0.717, 1.165) is 11.3 Å². The van der Waals surface area contributed by atoms with Gasteiger partial charge in [-0.3, -0.25) is 0 Å². The zero-order valence-corrected chi connectivity index (χ0v) is 11.7. The van der Waals surface area contributed by atoms with E-state index in [0.29, 0.717) is 13.2 Å². The molecule has 0 saturated heterocycles. The third-order valence-electron chi connectivity index (χ3n) is 2.81. The molecular formula is C16H17FN2O2.